The van der Waals surface area contributed by atoms with Gasteiger partial charge in [-0.3, -0.25) is 10.1 Å². The molecule has 0 aliphatic carbocycles. The average Bonchev–Trinajstić information content (AvgIpc) is 2.36. The van der Waals surface area contributed by atoms with E-state index in [-0.39, 0.29) is 5.69 Å². The quantitative estimate of drug-likeness (QED) is 0.621. The first kappa shape index (κ1) is 14.9. The van der Waals surface area contributed by atoms with Crippen molar-refractivity contribution in [2.24, 2.45) is 0 Å². The van der Waals surface area contributed by atoms with Crippen molar-refractivity contribution in [1.29, 1.82) is 0 Å². The lowest BCUT2D eigenvalue weighted by Crippen LogP contribution is -2.00. The molecule has 2 rings (SSSR count). The summed E-state index contributed by atoms with van der Waals surface area (Å²) < 4.78 is 0. The highest BCUT2D eigenvalue weighted by atomic mass is 35.5. The maximum Gasteiger partial charge on any atom is 0.270 e. The molecule has 2 aromatic carbocycles. The Morgan fingerprint density at radius 1 is 1.05 bits per heavy atom. The molecule has 20 heavy (non-hydrogen) atoms. The fraction of sp³-hybridized carbons (Fsp3) is 0.0769. The van der Waals surface area contributed by atoms with Crippen LogP contribution in [0.5, 0.6) is 0 Å². The van der Waals surface area contributed by atoms with E-state index < -0.39 is 4.92 Å². The first-order chi connectivity index (χ1) is 9.45. The summed E-state index contributed by atoms with van der Waals surface area (Å²) in [7, 11) is 0. The Balaban J connectivity index is 2.12. The molecular weight excluding hydrogens is 323 g/mol. The first-order valence-electron chi connectivity index (χ1n) is 5.58. The van der Waals surface area contributed by atoms with Crippen LogP contribution in [0.25, 0.3) is 0 Å². The van der Waals surface area contributed by atoms with Gasteiger partial charge in [0, 0.05) is 34.4 Å². The topological polar surface area (TPSA) is 55.2 Å². The smallest absolute Gasteiger partial charge is 0.270 e. The molecule has 0 aromatic heterocycles. The van der Waals surface area contributed by atoms with Crippen LogP contribution in [-0.2, 0) is 6.54 Å². The van der Waals surface area contributed by atoms with Crippen molar-refractivity contribution in [3.63, 3.8) is 0 Å². The van der Waals surface area contributed by atoms with Crippen LogP contribution < -0.4 is 5.32 Å². The number of benzene rings is 2. The molecule has 0 amide bonds. The summed E-state index contributed by atoms with van der Waals surface area (Å²) in [6, 6.07) is 9.43. The van der Waals surface area contributed by atoms with Crippen LogP contribution in [0.3, 0.4) is 0 Å². The van der Waals surface area contributed by atoms with Gasteiger partial charge in [0.2, 0.25) is 0 Å². The van der Waals surface area contributed by atoms with E-state index >= 15 is 0 Å². The summed E-state index contributed by atoms with van der Waals surface area (Å²) in [5, 5.41) is 15.1. The molecule has 1 N–H and O–H groups in total. The van der Waals surface area contributed by atoms with Gasteiger partial charge in [0.15, 0.2) is 0 Å². The summed E-state index contributed by atoms with van der Waals surface area (Å²) >= 11 is 17.8. The SMILES string of the molecule is O=[N+]([O-])c1ccc(CNc2cc(Cl)cc(Cl)c2)c(Cl)c1. The van der Waals surface area contributed by atoms with Crippen LogP contribution >= 0.6 is 34.8 Å². The monoisotopic (exact) mass is 330 g/mol. The zero-order chi connectivity index (χ0) is 14.7. The molecule has 0 spiro atoms. The lowest BCUT2D eigenvalue weighted by atomic mass is 10.2. The predicted octanol–water partition coefficient (Wildman–Crippen LogP) is 5.17. The fourth-order valence-electron chi connectivity index (χ4n) is 1.65. The van der Waals surface area contributed by atoms with Crippen molar-refractivity contribution in [3.05, 3.63) is 67.1 Å². The van der Waals surface area contributed by atoms with Gasteiger partial charge < -0.3 is 5.32 Å². The Kier molecular flexibility index (Phi) is 4.70. The Bertz CT molecular complexity index is 642. The van der Waals surface area contributed by atoms with Crippen molar-refractivity contribution in [1.82, 2.24) is 0 Å². The second-order valence-corrected chi connectivity index (χ2v) is 5.32. The third-order valence-corrected chi connectivity index (χ3v) is 3.38. The maximum atomic E-state index is 10.6. The number of nitrogens with zero attached hydrogens (tertiary/aromatic N) is 1. The largest absolute Gasteiger partial charge is 0.381 e. The summed E-state index contributed by atoms with van der Waals surface area (Å²) in [6.07, 6.45) is 0. The van der Waals surface area contributed by atoms with Crippen LogP contribution in [0, 0.1) is 10.1 Å². The van der Waals surface area contributed by atoms with Gasteiger partial charge >= 0.3 is 0 Å². The molecule has 0 fully saturated rings. The molecule has 0 atom stereocenters. The summed E-state index contributed by atoms with van der Waals surface area (Å²) in [5.41, 5.74) is 1.45. The highest BCUT2D eigenvalue weighted by molar-refractivity contribution is 6.35. The van der Waals surface area contributed by atoms with E-state index in [4.69, 9.17) is 34.8 Å². The van der Waals surface area contributed by atoms with E-state index in [0.29, 0.717) is 21.6 Å². The zero-order valence-corrected chi connectivity index (χ0v) is 12.3. The van der Waals surface area contributed by atoms with Gasteiger partial charge in [0.1, 0.15) is 0 Å². The average molecular weight is 332 g/mol. The normalized spacial score (nSPS) is 10.3. The highest BCUT2D eigenvalue weighted by Crippen LogP contribution is 2.25. The Morgan fingerprint density at radius 2 is 1.70 bits per heavy atom. The van der Waals surface area contributed by atoms with Crippen LogP contribution in [0.1, 0.15) is 5.56 Å². The van der Waals surface area contributed by atoms with Crippen molar-refractivity contribution in [2.75, 3.05) is 5.32 Å². The van der Waals surface area contributed by atoms with Gasteiger partial charge in [0.25, 0.3) is 5.69 Å². The number of nitro benzene ring substituents is 1. The van der Waals surface area contributed by atoms with Crippen molar-refractivity contribution in [2.45, 2.75) is 6.54 Å². The molecular formula is C13H9Cl3N2O2. The second kappa shape index (κ2) is 6.31. The van der Waals surface area contributed by atoms with Crippen molar-refractivity contribution in [3.8, 4) is 0 Å². The molecule has 0 aliphatic rings. The predicted molar refractivity (Wildman–Crippen MR) is 81.9 cm³/mol. The third kappa shape index (κ3) is 3.76. The van der Waals surface area contributed by atoms with E-state index in [9.17, 15) is 10.1 Å². The zero-order valence-electron chi connectivity index (χ0n) is 10.1. The number of halogens is 3. The highest BCUT2D eigenvalue weighted by Gasteiger charge is 2.09. The summed E-state index contributed by atoms with van der Waals surface area (Å²) in [4.78, 5) is 10.1. The molecule has 0 aliphatic heterocycles. The molecule has 7 heteroatoms. The fourth-order valence-corrected chi connectivity index (χ4v) is 2.41. The molecule has 0 saturated heterocycles. The number of non-ortho nitro benzene ring substituents is 1. The standard InChI is InChI=1S/C13H9Cl3N2O2/c14-9-3-10(15)5-11(4-9)17-7-8-1-2-12(18(19)20)6-13(8)16/h1-6,17H,7H2. The third-order valence-electron chi connectivity index (χ3n) is 2.59. The molecule has 2 aromatic rings. The minimum absolute atomic E-state index is 0.0375. The van der Waals surface area contributed by atoms with Crippen molar-refractivity contribution >= 4 is 46.2 Å². The van der Waals surface area contributed by atoms with Gasteiger partial charge in [-0.1, -0.05) is 34.8 Å². The molecule has 0 radical (unpaired) electrons. The van der Waals surface area contributed by atoms with E-state index in [2.05, 4.69) is 5.32 Å². The summed E-state index contributed by atoms with van der Waals surface area (Å²) in [5.74, 6) is 0. The maximum absolute atomic E-state index is 10.6. The second-order valence-electron chi connectivity index (χ2n) is 4.04. The van der Waals surface area contributed by atoms with Crippen LogP contribution in [0.4, 0.5) is 11.4 Å². The lowest BCUT2D eigenvalue weighted by molar-refractivity contribution is -0.384. The van der Waals surface area contributed by atoms with Gasteiger partial charge in [-0.15, -0.1) is 0 Å². The van der Waals surface area contributed by atoms with Gasteiger partial charge in [-0.25, -0.2) is 0 Å². The van der Waals surface area contributed by atoms with Gasteiger partial charge in [0.05, 0.1) is 9.95 Å². The minimum Gasteiger partial charge on any atom is -0.381 e. The van der Waals surface area contributed by atoms with E-state index in [1.165, 1.54) is 12.1 Å². The van der Waals surface area contributed by atoms with Crippen LogP contribution in [0.15, 0.2) is 36.4 Å². The Morgan fingerprint density at radius 3 is 2.25 bits per heavy atom. The number of nitrogens with one attached hydrogen (secondary N) is 1. The lowest BCUT2D eigenvalue weighted by Gasteiger charge is -2.09. The number of nitro groups is 1. The van der Waals surface area contributed by atoms with Crippen LogP contribution in [-0.4, -0.2) is 4.92 Å². The summed E-state index contributed by atoms with van der Waals surface area (Å²) in [6.45, 7) is 0.410. The van der Waals surface area contributed by atoms with Gasteiger partial charge in [-0.05, 0) is 29.8 Å². The number of anilines is 1. The molecule has 4 nitrogen and oxygen atoms in total. The molecule has 104 valence electrons. The number of rotatable bonds is 4. The first-order valence-corrected chi connectivity index (χ1v) is 6.72. The molecule has 0 saturated carbocycles. The Labute approximate surface area is 130 Å². The molecule has 0 heterocycles. The molecule has 0 bridgehead atoms. The van der Waals surface area contributed by atoms with Crippen LogP contribution in [0.2, 0.25) is 15.1 Å². The van der Waals surface area contributed by atoms with E-state index in [0.717, 1.165) is 11.3 Å². The number of hydrogen-bond donors (Lipinski definition) is 1. The van der Waals surface area contributed by atoms with Crippen molar-refractivity contribution < 1.29 is 4.92 Å². The van der Waals surface area contributed by atoms with E-state index in [1.54, 1.807) is 24.3 Å². The minimum atomic E-state index is -0.486. The molecule has 0 unspecified atom stereocenters. The number of hydrogen-bond acceptors (Lipinski definition) is 3. The van der Waals surface area contributed by atoms with E-state index in [1.807, 2.05) is 0 Å². The Hall–Kier alpha value is -1.49. The van der Waals surface area contributed by atoms with Gasteiger partial charge in [-0.2, -0.15) is 0 Å².